The number of amides is 1. The molecule has 0 saturated heterocycles. The van der Waals surface area contributed by atoms with E-state index in [0.29, 0.717) is 30.2 Å². The lowest BCUT2D eigenvalue weighted by Gasteiger charge is -2.29. The van der Waals surface area contributed by atoms with Crippen LogP contribution in [-0.4, -0.2) is 24.8 Å². The minimum atomic E-state index is -0.406. The van der Waals surface area contributed by atoms with E-state index >= 15 is 0 Å². The highest BCUT2D eigenvalue weighted by Gasteiger charge is 2.24. The number of Topliss-reactive ketones (excluding diaryl/α,β-unsaturated/α-hetero) is 1. The first-order chi connectivity index (χ1) is 11.5. The predicted molar refractivity (Wildman–Crippen MR) is 97.0 cm³/mol. The van der Waals surface area contributed by atoms with Gasteiger partial charge >= 0.3 is 0 Å². The van der Waals surface area contributed by atoms with E-state index in [2.05, 4.69) is 22.6 Å². The Morgan fingerprint density at radius 1 is 1.12 bits per heavy atom. The molecule has 0 saturated carbocycles. The van der Waals surface area contributed by atoms with Gasteiger partial charge in [-0.1, -0.05) is 12.1 Å². The molecule has 4 nitrogen and oxygen atoms in total. The molecule has 1 aliphatic heterocycles. The summed E-state index contributed by atoms with van der Waals surface area (Å²) in [5, 5.41) is 0. The molecule has 0 aliphatic carbocycles. The zero-order valence-corrected chi connectivity index (χ0v) is 15.0. The van der Waals surface area contributed by atoms with Crippen LogP contribution in [0.15, 0.2) is 42.5 Å². The number of halogens is 2. The average Bonchev–Trinajstić information content (AvgIpc) is 2.59. The quantitative estimate of drug-likeness (QED) is 0.538. The van der Waals surface area contributed by atoms with Crippen LogP contribution in [0.1, 0.15) is 23.2 Å². The van der Waals surface area contributed by atoms with Crippen molar-refractivity contribution in [3.63, 3.8) is 0 Å². The number of hydrogen-bond acceptors (Lipinski definition) is 3. The molecule has 1 amide bonds. The first kappa shape index (κ1) is 16.9. The fourth-order valence-corrected chi connectivity index (χ4v) is 2.95. The van der Waals surface area contributed by atoms with Crippen LogP contribution >= 0.6 is 22.6 Å². The van der Waals surface area contributed by atoms with Gasteiger partial charge in [0.2, 0.25) is 5.91 Å². The molecule has 1 heterocycles. The third kappa shape index (κ3) is 3.75. The zero-order valence-electron chi connectivity index (χ0n) is 12.8. The van der Waals surface area contributed by atoms with Crippen LogP contribution in [0.2, 0.25) is 0 Å². The highest BCUT2D eigenvalue weighted by molar-refractivity contribution is 14.1. The number of carbonyl (C=O) groups excluding carboxylic acids is 2. The smallest absolute Gasteiger partial charge is 0.227 e. The predicted octanol–water partition coefficient (Wildman–Crippen LogP) is 3.82. The summed E-state index contributed by atoms with van der Waals surface area (Å²) in [5.74, 6) is -0.271. The van der Waals surface area contributed by atoms with Crippen molar-refractivity contribution in [2.75, 3.05) is 18.1 Å². The minimum absolute atomic E-state index is 0.0626. The Labute approximate surface area is 152 Å². The van der Waals surface area contributed by atoms with Crippen molar-refractivity contribution in [2.45, 2.75) is 12.8 Å². The molecular weight excluding hydrogens is 424 g/mol. The van der Waals surface area contributed by atoms with E-state index in [-0.39, 0.29) is 24.5 Å². The first-order valence-electron chi connectivity index (χ1n) is 7.56. The van der Waals surface area contributed by atoms with Crippen molar-refractivity contribution in [2.24, 2.45) is 0 Å². The zero-order chi connectivity index (χ0) is 17.1. The van der Waals surface area contributed by atoms with E-state index in [4.69, 9.17) is 4.74 Å². The molecule has 1 aliphatic rings. The molecule has 0 unspecified atom stereocenters. The maximum Gasteiger partial charge on any atom is 0.227 e. The van der Waals surface area contributed by atoms with Crippen molar-refractivity contribution >= 4 is 40.0 Å². The Bertz CT molecular complexity index is 776. The number of rotatable bonds is 4. The van der Waals surface area contributed by atoms with Crippen LogP contribution < -0.4 is 9.64 Å². The molecule has 0 aromatic heterocycles. The normalized spacial score (nSPS) is 13.2. The number of fused-ring (bicyclic) bond motifs is 1. The van der Waals surface area contributed by atoms with Crippen LogP contribution in [0.4, 0.5) is 10.1 Å². The van der Waals surface area contributed by atoms with E-state index in [1.165, 1.54) is 18.2 Å². The van der Waals surface area contributed by atoms with Gasteiger partial charge in [0.25, 0.3) is 0 Å². The van der Waals surface area contributed by atoms with Crippen LogP contribution in [-0.2, 0) is 4.79 Å². The third-order valence-electron chi connectivity index (χ3n) is 3.82. The molecule has 0 bridgehead atoms. The summed E-state index contributed by atoms with van der Waals surface area (Å²) in [5.41, 5.74) is 1.15. The van der Waals surface area contributed by atoms with E-state index < -0.39 is 5.82 Å². The van der Waals surface area contributed by atoms with Gasteiger partial charge in [-0.05, 0) is 46.9 Å². The summed E-state index contributed by atoms with van der Waals surface area (Å²) in [7, 11) is 0. The van der Waals surface area contributed by atoms with E-state index in [0.717, 1.165) is 3.57 Å². The van der Waals surface area contributed by atoms with Crippen LogP contribution in [0, 0.1) is 9.39 Å². The Morgan fingerprint density at radius 3 is 2.62 bits per heavy atom. The highest BCUT2D eigenvalue weighted by atomic mass is 127. The number of benzene rings is 2. The van der Waals surface area contributed by atoms with Crippen LogP contribution in [0.25, 0.3) is 0 Å². The van der Waals surface area contributed by atoms with E-state index in [9.17, 15) is 14.0 Å². The number of anilines is 1. The average molecular weight is 439 g/mol. The summed E-state index contributed by atoms with van der Waals surface area (Å²) in [6.45, 7) is 0.711. The van der Waals surface area contributed by atoms with E-state index in [1.54, 1.807) is 17.0 Å². The molecular formula is C18H15FINO3. The minimum Gasteiger partial charge on any atom is -0.489 e. The fourth-order valence-electron chi connectivity index (χ4n) is 2.59. The second-order valence-electron chi connectivity index (χ2n) is 5.44. The van der Waals surface area contributed by atoms with Crippen LogP contribution in [0.5, 0.6) is 5.75 Å². The summed E-state index contributed by atoms with van der Waals surface area (Å²) in [6, 6.07) is 11.4. The second-order valence-corrected chi connectivity index (χ2v) is 6.68. The largest absolute Gasteiger partial charge is 0.489 e. The van der Waals surface area contributed by atoms with Crippen LogP contribution in [0.3, 0.4) is 0 Å². The molecule has 24 heavy (non-hydrogen) atoms. The van der Waals surface area contributed by atoms with Gasteiger partial charge in [-0.2, -0.15) is 0 Å². The lowest BCUT2D eigenvalue weighted by molar-refractivity contribution is -0.118. The summed E-state index contributed by atoms with van der Waals surface area (Å²) in [6.07, 6.45) is 0.259. The van der Waals surface area contributed by atoms with Gasteiger partial charge in [-0.15, -0.1) is 0 Å². The molecule has 124 valence electrons. The molecule has 0 atom stereocenters. The first-order valence-corrected chi connectivity index (χ1v) is 8.64. The molecule has 0 fully saturated rings. The van der Waals surface area contributed by atoms with Crippen molar-refractivity contribution in [1.82, 2.24) is 0 Å². The van der Waals surface area contributed by atoms with Gasteiger partial charge in [-0.25, -0.2) is 4.39 Å². The lowest BCUT2D eigenvalue weighted by Crippen LogP contribution is -2.38. The maximum absolute atomic E-state index is 13.3. The van der Waals surface area contributed by atoms with E-state index in [1.807, 2.05) is 12.1 Å². The fraction of sp³-hybridized carbons (Fsp3) is 0.222. The van der Waals surface area contributed by atoms with Crippen molar-refractivity contribution in [1.29, 1.82) is 0 Å². The number of hydrogen-bond donors (Lipinski definition) is 0. The molecule has 2 aromatic rings. The van der Waals surface area contributed by atoms with Gasteiger partial charge in [0.15, 0.2) is 5.78 Å². The van der Waals surface area contributed by atoms with Crippen molar-refractivity contribution < 1.29 is 18.7 Å². The Balaban J connectivity index is 1.66. The molecule has 0 N–H and O–H groups in total. The number of nitrogens with zero attached hydrogens (tertiary/aromatic N) is 1. The maximum atomic E-state index is 13.3. The molecule has 2 aromatic carbocycles. The Morgan fingerprint density at radius 2 is 1.88 bits per heavy atom. The Kier molecular flexibility index (Phi) is 5.13. The van der Waals surface area contributed by atoms with Gasteiger partial charge in [0.05, 0.1) is 12.2 Å². The van der Waals surface area contributed by atoms with Gasteiger partial charge in [-0.3, -0.25) is 9.59 Å². The number of carbonyl (C=O) groups is 2. The molecule has 3 rings (SSSR count). The highest BCUT2D eigenvalue weighted by Crippen LogP contribution is 2.32. The summed E-state index contributed by atoms with van der Waals surface area (Å²) >= 11 is 2.17. The van der Waals surface area contributed by atoms with Crippen molar-refractivity contribution in [3.8, 4) is 5.75 Å². The number of ether oxygens (including phenoxy) is 1. The monoisotopic (exact) mass is 439 g/mol. The third-order valence-corrected chi connectivity index (χ3v) is 4.54. The molecule has 0 spiro atoms. The summed E-state index contributed by atoms with van der Waals surface area (Å²) in [4.78, 5) is 26.2. The van der Waals surface area contributed by atoms with Gasteiger partial charge in [0, 0.05) is 28.0 Å². The molecule has 0 radical (unpaired) electrons. The lowest BCUT2D eigenvalue weighted by atomic mass is 10.1. The van der Waals surface area contributed by atoms with Gasteiger partial charge < -0.3 is 9.64 Å². The van der Waals surface area contributed by atoms with Gasteiger partial charge in [0.1, 0.15) is 18.2 Å². The number of ketones is 1. The molecule has 6 heteroatoms. The van der Waals surface area contributed by atoms with Crippen molar-refractivity contribution in [3.05, 3.63) is 57.4 Å². The Hall–Kier alpha value is -1.96. The topological polar surface area (TPSA) is 46.6 Å². The SMILES string of the molecule is O=C(CCC(=O)N1CCOc2cc(F)ccc21)c1ccc(I)cc1. The second kappa shape index (κ2) is 7.29. The standard InChI is InChI=1S/C18H15FINO3/c19-13-3-6-15-17(11-13)24-10-9-21(15)18(23)8-7-16(22)12-1-4-14(20)5-2-12/h1-6,11H,7-10H2. The summed E-state index contributed by atoms with van der Waals surface area (Å²) < 4.78 is 19.7.